The Hall–Kier alpha value is -1.40. The quantitative estimate of drug-likeness (QED) is 0.735. The molecule has 0 aliphatic heterocycles. The van der Waals surface area contributed by atoms with Gasteiger partial charge in [0.25, 0.3) is 0 Å². The van der Waals surface area contributed by atoms with Gasteiger partial charge in [-0.3, -0.25) is 0 Å². The van der Waals surface area contributed by atoms with Gasteiger partial charge in [0.15, 0.2) is 11.1 Å². The largest absolute Gasteiger partial charge is 0.495 e. The summed E-state index contributed by atoms with van der Waals surface area (Å²) in [5, 5.41) is 8.63. The van der Waals surface area contributed by atoms with Crippen molar-refractivity contribution in [1.29, 1.82) is 0 Å². The third-order valence-corrected chi connectivity index (χ3v) is 2.29. The highest BCUT2D eigenvalue weighted by molar-refractivity contribution is 7.79. The molecule has 5 nitrogen and oxygen atoms in total. The smallest absolute Gasteiger partial charge is 0.335 e. The molecule has 6 heteroatoms. The molecule has 0 aromatic heterocycles. The second kappa shape index (κ2) is 4.21. The van der Waals surface area contributed by atoms with E-state index in [1.165, 1.54) is 19.2 Å². The number of methoxy groups -OCH3 is 1. The van der Waals surface area contributed by atoms with Crippen molar-refractivity contribution in [3.63, 3.8) is 0 Å². The van der Waals surface area contributed by atoms with Crippen molar-refractivity contribution in [2.75, 3.05) is 7.11 Å². The third kappa shape index (κ3) is 2.09. The lowest BCUT2D eigenvalue weighted by molar-refractivity contribution is 0.0696. The maximum Gasteiger partial charge on any atom is 0.335 e. The average molecular weight is 216 g/mol. The first-order chi connectivity index (χ1) is 6.56. The van der Waals surface area contributed by atoms with Crippen molar-refractivity contribution < 1.29 is 23.4 Å². The van der Waals surface area contributed by atoms with Crippen LogP contribution in [-0.2, 0) is 11.1 Å². The van der Waals surface area contributed by atoms with Gasteiger partial charge in [-0.1, -0.05) is 0 Å². The van der Waals surface area contributed by atoms with Crippen LogP contribution in [-0.4, -0.2) is 26.9 Å². The van der Waals surface area contributed by atoms with Crippen LogP contribution in [0.4, 0.5) is 0 Å². The fraction of sp³-hybridized carbons (Fsp3) is 0.125. The summed E-state index contributed by atoms with van der Waals surface area (Å²) < 4.78 is 24.4. The molecule has 1 aromatic rings. The molecule has 0 aliphatic carbocycles. The molecule has 2 N–H and O–H groups in total. The van der Waals surface area contributed by atoms with Gasteiger partial charge in [-0.2, -0.15) is 0 Å². The molecule has 0 heterocycles. The second-order valence-corrected chi connectivity index (χ2v) is 3.36. The number of hydrogen-bond donors (Lipinski definition) is 2. The third-order valence-electron chi connectivity index (χ3n) is 1.60. The summed E-state index contributed by atoms with van der Waals surface area (Å²) in [5.74, 6) is -0.963. The van der Waals surface area contributed by atoms with E-state index in [4.69, 9.17) is 14.4 Å². The zero-order valence-corrected chi connectivity index (χ0v) is 8.08. The van der Waals surface area contributed by atoms with Crippen LogP contribution >= 0.6 is 0 Å². The first kappa shape index (κ1) is 10.7. The molecule has 1 unspecified atom stereocenters. The van der Waals surface area contributed by atoms with Crippen molar-refractivity contribution in [1.82, 2.24) is 0 Å². The van der Waals surface area contributed by atoms with E-state index in [0.29, 0.717) is 0 Å². The molecule has 0 spiro atoms. The topological polar surface area (TPSA) is 83.8 Å². The van der Waals surface area contributed by atoms with Gasteiger partial charge in [0.1, 0.15) is 10.6 Å². The summed E-state index contributed by atoms with van der Waals surface area (Å²) in [7, 11) is 1.34. The summed E-state index contributed by atoms with van der Waals surface area (Å²) in [6.07, 6.45) is 0. The number of ether oxygens (including phenoxy) is 1. The highest BCUT2D eigenvalue weighted by atomic mass is 32.2. The van der Waals surface area contributed by atoms with Crippen LogP contribution in [0.5, 0.6) is 5.75 Å². The van der Waals surface area contributed by atoms with Gasteiger partial charge in [0.2, 0.25) is 0 Å². The summed E-state index contributed by atoms with van der Waals surface area (Å²) in [5.41, 5.74) is -0.0526. The van der Waals surface area contributed by atoms with Gasteiger partial charge in [-0.05, 0) is 18.2 Å². The zero-order valence-electron chi connectivity index (χ0n) is 7.26. The Bertz CT molecular complexity index is 387. The van der Waals surface area contributed by atoms with Crippen LogP contribution in [0, 0.1) is 0 Å². The van der Waals surface area contributed by atoms with E-state index in [-0.39, 0.29) is 16.2 Å². The van der Waals surface area contributed by atoms with E-state index in [9.17, 15) is 9.00 Å². The number of carboxylic acids is 1. The average Bonchev–Trinajstić information content (AvgIpc) is 2.16. The lowest BCUT2D eigenvalue weighted by Crippen LogP contribution is -2.00. The Morgan fingerprint density at radius 1 is 1.50 bits per heavy atom. The van der Waals surface area contributed by atoms with Crippen LogP contribution in [0.15, 0.2) is 23.1 Å². The fourth-order valence-electron chi connectivity index (χ4n) is 0.946. The van der Waals surface area contributed by atoms with Crippen LogP contribution in [0.2, 0.25) is 0 Å². The Morgan fingerprint density at radius 3 is 2.57 bits per heavy atom. The molecule has 1 aromatic carbocycles. The molecule has 0 saturated carbocycles. The van der Waals surface area contributed by atoms with E-state index in [1.807, 2.05) is 0 Å². The van der Waals surface area contributed by atoms with Crippen LogP contribution < -0.4 is 4.74 Å². The van der Waals surface area contributed by atoms with Crippen molar-refractivity contribution in [3.8, 4) is 5.75 Å². The molecule has 76 valence electrons. The number of hydrogen-bond acceptors (Lipinski definition) is 3. The zero-order chi connectivity index (χ0) is 10.7. The Labute approximate surface area is 82.6 Å². The van der Waals surface area contributed by atoms with E-state index in [1.54, 1.807) is 0 Å². The first-order valence-corrected chi connectivity index (χ1v) is 4.69. The van der Waals surface area contributed by atoms with Crippen molar-refractivity contribution >= 4 is 17.0 Å². The van der Waals surface area contributed by atoms with Crippen LogP contribution in [0.3, 0.4) is 0 Å². The van der Waals surface area contributed by atoms with Gasteiger partial charge in [0.05, 0.1) is 12.7 Å². The van der Waals surface area contributed by atoms with Crippen molar-refractivity contribution in [2.24, 2.45) is 0 Å². The van der Waals surface area contributed by atoms with E-state index in [2.05, 4.69) is 0 Å². The van der Waals surface area contributed by atoms with Gasteiger partial charge < -0.3 is 14.4 Å². The van der Waals surface area contributed by atoms with Crippen LogP contribution in [0.25, 0.3) is 0 Å². The minimum atomic E-state index is -2.26. The molecular formula is C8H8O5S. The SMILES string of the molecule is COc1ccc(C(=O)O)cc1S(=O)O. The van der Waals surface area contributed by atoms with Crippen LogP contribution in [0.1, 0.15) is 10.4 Å². The minimum Gasteiger partial charge on any atom is -0.495 e. The molecule has 0 radical (unpaired) electrons. The Morgan fingerprint density at radius 2 is 2.14 bits per heavy atom. The molecule has 0 saturated heterocycles. The molecule has 1 atom stereocenters. The highest BCUT2D eigenvalue weighted by Crippen LogP contribution is 2.22. The first-order valence-electron chi connectivity index (χ1n) is 3.58. The normalized spacial score (nSPS) is 12.1. The number of carbonyl (C=O) groups is 1. The summed E-state index contributed by atoms with van der Waals surface area (Å²) in [4.78, 5) is 10.5. The molecule has 0 amide bonds. The molecular weight excluding hydrogens is 208 g/mol. The molecule has 0 aliphatic rings. The lowest BCUT2D eigenvalue weighted by atomic mass is 10.2. The molecule has 14 heavy (non-hydrogen) atoms. The van der Waals surface area contributed by atoms with Gasteiger partial charge in [-0.25, -0.2) is 9.00 Å². The van der Waals surface area contributed by atoms with Gasteiger partial charge in [0, 0.05) is 0 Å². The van der Waals surface area contributed by atoms with Crippen molar-refractivity contribution in [3.05, 3.63) is 23.8 Å². The number of benzene rings is 1. The molecule has 0 bridgehead atoms. The maximum atomic E-state index is 10.8. The number of rotatable bonds is 3. The monoisotopic (exact) mass is 216 g/mol. The van der Waals surface area contributed by atoms with E-state index < -0.39 is 17.0 Å². The van der Waals surface area contributed by atoms with E-state index in [0.717, 1.165) is 6.07 Å². The number of carboxylic acid groups (broad SMARTS) is 1. The van der Waals surface area contributed by atoms with Crippen molar-refractivity contribution in [2.45, 2.75) is 4.90 Å². The molecule has 0 fully saturated rings. The summed E-state index contributed by atoms with van der Waals surface area (Å²) in [6, 6.07) is 3.75. The highest BCUT2D eigenvalue weighted by Gasteiger charge is 2.12. The Balaban J connectivity index is 3.27. The fourth-order valence-corrected chi connectivity index (χ4v) is 1.50. The second-order valence-electron chi connectivity index (χ2n) is 2.42. The predicted octanol–water partition coefficient (Wildman–Crippen LogP) is 0.974. The Kier molecular flexibility index (Phi) is 3.21. The number of aromatic carboxylic acids is 1. The van der Waals surface area contributed by atoms with Gasteiger partial charge in [-0.15, -0.1) is 0 Å². The lowest BCUT2D eigenvalue weighted by Gasteiger charge is -2.05. The minimum absolute atomic E-state index is 0.0487. The maximum absolute atomic E-state index is 10.8. The standard InChI is InChI=1S/C8H8O5S/c1-13-6-3-2-5(8(9)10)4-7(6)14(11)12/h2-4H,1H3,(H,9,10)(H,11,12). The summed E-state index contributed by atoms with van der Waals surface area (Å²) >= 11 is -2.26. The van der Waals surface area contributed by atoms with Gasteiger partial charge >= 0.3 is 5.97 Å². The summed E-state index contributed by atoms with van der Waals surface area (Å²) in [6.45, 7) is 0. The van der Waals surface area contributed by atoms with E-state index >= 15 is 0 Å². The predicted molar refractivity (Wildman–Crippen MR) is 49.0 cm³/mol. The molecule has 1 rings (SSSR count).